The van der Waals surface area contributed by atoms with Gasteiger partial charge in [-0.1, -0.05) is 11.6 Å². The Morgan fingerprint density at radius 1 is 1.16 bits per heavy atom. The predicted molar refractivity (Wildman–Crippen MR) is 154 cm³/mol. The number of halogens is 1. The molecule has 8 bridgehead atoms. The van der Waals surface area contributed by atoms with Crippen molar-refractivity contribution in [2.75, 3.05) is 11.8 Å². The monoisotopic (exact) mass is 586 g/mol. The summed E-state index contributed by atoms with van der Waals surface area (Å²) in [6.07, 6.45) is 3.25. The number of nitrogens with one attached hydrogen (secondary N) is 2. The topological polar surface area (TPSA) is 132 Å². The number of aryl methyl sites for hydroxylation is 1. The van der Waals surface area contributed by atoms with Crippen molar-refractivity contribution in [1.29, 1.82) is 0 Å². The summed E-state index contributed by atoms with van der Waals surface area (Å²) in [4.78, 5) is 29.7. The van der Waals surface area contributed by atoms with Crippen LogP contribution in [-0.4, -0.2) is 37.1 Å². The molecule has 1 amide bonds. The molecule has 5 aromatic rings. The first-order valence-corrected chi connectivity index (χ1v) is 14.9. The number of amides is 1. The molecule has 0 aliphatic carbocycles. The number of nitrogens with zero attached hydrogens (tertiary/aromatic N) is 3. The molecule has 6 rings (SSSR count). The van der Waals surface area contributed by atoms with Crippen molar-refractivity contribution in [1.82, 2.24) is 20.3 Å². The first kappa shape index (κ1) is 25.0. The van der Waals surface area contributed by atoms with Crippen LogP contribution in [0.15, 0.2) is 53.8 Å². The van der Waals surface area contributed by atoms with Gasteiger partial charge in [0.2, 0.25) is 5.88 Å². The summed E-state index contributed by atoms with van der Waals surface area (Å²) in [5.41, 5.74) is 3.92. The molecule has 4 aromatic heterocycles. The fraction of sp³-hybridized carbons (Fsp3) is 0.120. The molecule has 1 aromatic carbocycles. The number of ether oxygens (including phenoxy) is 1. The third-order valence-electron chi connectivity index (χ3n) is 6.11. The third kappa shape index (κ3) is 4.28. The highest BCUT2D eigenvalue weighted by molar-refractivity contribution is 8.25. The van der Waals surface area contributed by atoms with Gasteiger partial charge in [0.05, 0.1) is 39.3 Å². The predicted octanol–water partition coefficient (Wildman–Crippen LogP) is 6.00. The SMILES string of the molecule is COc1ncc2cc1NS(O)([OH2+])c1ccc(Cl)c(c1)C(=O)NCc1ccc(s1)-c1ncnc3c(C)c-2sc13. The summed E-state index contributed by atoms with van der Waals surface area (Å²) in [5.74, 6) is -0.189. The Bertz CT molecular complexity index is 1740. The fourth-order valence-corrected chi connectivity index (χ4v) is 7.83. The van der Waals surface area contributed by atoms with Crippen molar-refractivity contribution in [3.8, 4) is 26.9 Å². The molecule has 13 heteroatoms. The Labute approximate surface area is 232 Å². The van der Waals surface area contributed by atoms with E-state index in [0.29, 0.717) is 5.69 Å². The summed E-state index contributed by atoms with van der Waals surface area (Å²) < 4.78 is 29.3. The number of hydrogen-bond donors (Lipinski definition) is 3. The van der Waals surface area contributed by atoms with E-state index in [0.717, 1.165) is 41.7 Å². The highest BCUT2D eigenvalue weighted by Crippen LogP contribution is 2.51. The average Bonchev–Trinajstić information content (AvgIpc) is 3.51. The van der Waals surface area contributed by atoms with Gasteiger partial charge in [-0.15, -0.1) is 22.7 Å². The maximum Gasteiger partial charge on any atom is 0.253 e. The fourth-order valence-electron chi connectivity index (χ4n) is 4.23. The van der Waals surface area contributed by atoms with Gasteiger partial charge >= 0.3 is 0 Å². The third-order valence-corrected chi connectivity index (χ3v) is 10.3. The summed E-state index contributed by atoms with van der Waals surface area (Å²) in [6.45, 7) is 2.29. The molecule has 1 aliphatic heterocycles. The Morgan fingerprint density at radius 2 is 2.00 bits per heavy atom. The van der Waals surface area contributed by atoms with Gasteiger partial charge in [0.25, 0.3) is 5.91 Å². The lowest BCUT2D eigenvalue weighted by Gasteiger charge is -2.30. The molecular weight excluding hydrogens is 566 g/mol. The van der Waals surface area contributed by atoms with Crippen molar-refractivity contribution in [2.24, 2.45) is 0 Å². The van der Waals surface area contributed by atoms with Crippen LogP contribution < -0.4 is 14.8 Å². The molecular formula is C25H21ClN5O4S3+. The van der Waals surface area contributed by atoms with Gasteiger partial charge in [-0.25, -0.2) is 24.2 Å². The molecule has 0 spiro atoms. The number of carbonyl (C=O) groups is 1. The quantitative estimate of drug-likeness (QED) is 0.205. The molecule has 1 aliphatic rings. The maximum atomic E-state index is 13.0. The summed E-state index contributed by atoms with van der Waals surface area (Å²) >= 11 is 9.43. The molecule has 0 radical (unpaired) electrons. The lowest BCUT2D eigenvalue weighted by Crippen LogP contribution is -2.23. The van der Waals surface area contributed by atoms with E-state index in [4.69, 9.17) is 20.9 Å². The molecule has 38 heavy (non-hydrogen) atoms. The number of fused-ring (bicyclic) bond motifs is 9. The molecule has 5 heterocycles. The molecule has 0 fully saturated rings. The number of benzene rings is 1. The summed E-state index contributed by atoms with van der Waals surface area (Å²) in [7, 11) is -1.91. The number of methoxy groups -OCH3 is 1. The first-order chi connectivity index (χ1) is 18.2. The molecule has 0 saturated heterocycles. The highest BCUT2D eigenvalue weighted by atomic mass is 35.5. The second-order valence-corrected chi connectivity index (χ2v) is 12.9. The zero-order chi connectivity index (χ0) is 26.6. The number of pyridine rings is 1. The second kappa shape index (κ2) is 9.49. The van der Waals surface area contributed by atoms with Crippen molar-refractivity contribution >= 4 is 66.9 Å². The molecule has 1 atom stereocenters. The molecule has 0 saturated carbocycles. The van der Waals surface area contributed by atoms with Crippen LogP contribution in [0.25, 0.3) is 31.2 Å². The van der Waals surface area contributed by atoms with Crippen molar-refractivity contribution < 1.29 is 18.6 Å². The number of hydrogen-bond acceptors (Lipinski definition) is 9. The first-order valence-electron chi connectivity index (χ1n) is 11.3. The summed E-state index contributed by atoms with van der Waals surface area (Å²) in [5, 5.41) is 3.11. The lowest BCUT2D eigenvalue weighted by molar-refractivity contribution is 0.0951. The second-order valence-electron chi connectivity index (χ2n) is 8.51. The van der Waals surface area contributed by atoms with E-state index in [2.05, 4.69) is 25.0 Å². The van der Waals surface area contributed by atoms with Gasteiger partial charge in [0.1, 0.15) is 22.6 Å². The van der Waals surface area contributed by atoms with Gasteiger partial charge in [-0.3, -0.25) is 4.79 Å². The number of carbonyl (C=O) groups excluding carboxylic acids is 1. The lowest BCUT2D eigenvalue weighted by atomic mass is 10.1. The smallest absolute Gasteiger partial charge is 0.253 e. The summed E-state index contributed by atoms with van der Waals surface area (Å²) in [6, 6.07) is 10.2. The Hall–Kier alpha value is -3.26. The largest absolute Gasteiger partial charge is 0.479 e. The number of rotatable bonds is 1. The van der Waals surface area contributed by atoms with Gasteiger partial charge in [-0.05, 0) is 48.9 Å². The molecule has 5 N–H and O–H groups in total. The van der Waals surface area contributed by atoms with E-state index in [1.54, 1.807) is 29.9 Å². The zero-order valence-corrected chi connectivity index (χ0v) is 23.2. The molecule has 9 nitrogen and oxygen atoms in total. The van der Waals surface area contributed by atoms with Gasteiger partial charge in [0.15, 0.2) is 0 Å². The van der Waals surface area contributed by atoms with E-state index < -0.39 is 16.7 Å². The van der Waals surface area contributed by atoms with Crippen LogP contribution in [0, 0.1) is 6.92 Å². The minimum atomic E-state index is -3.38. The van der Waals surface area contributed by atoms with Crippen LogP contribution in [0.2, 0.25) is 5.02 Å². The Kier molecular flexibility index (Phi) is 6.25. The Balaban J connectivity index is 1.58. The van der Waals surface area contributed by atoms with Gasteiger partial charge < -0.3 is 14.6 Å². The van der Waals surface area contributed by atoms with E-state index >= 15 is 0 Å². The van der Waals surface area contributed by atoms with Crippen molar-refractivity contribution in [3.05, 3.63) is 69.9 Å². The number of anilines is 1. The maximum absolute atomic E-state index is 13.0. The van der Waals surface area contributed by atoms with E-state index in [1.165, 1.54) is 36.6 Å². The number of aromatic nitrogens is 3. The molecule has 1 unspecified atom stereocenters. The van der Waals surface area contributed by atoms with Crippen LogP contribution in [0.4, 0.5) is 5.69 Å². The van der Waals surface area contributed by atoms with Crippen molar-refractivity contribution in [2.45, 2.75) is 18.4 Å². The average molecular weight is 587 g/mol. The van der Waals surface area contributed by atoms with Crippen LogP contribution in [-0.2, 0) is 6.54 Å². The Morgan fingerprint density at radius 3 is 2.82 bits per heavy atom. The van der Waals surface area contributed by atoms with Crippen LogP contribution in [0.5, 0.6) is 5.88 Å². The zero-order valence-electron chi connectivity index (χ0n) is 20.0. The van der Waals surface area contributed by atoms with Crippen molar-refractivity contribution in [3.63, 3.8) is 0 Å². The number of thiophene rings is 2. The van der Waals surface area contributed by atoms with Crippen LogP contribution in [0.3, 0.4) is 0 Å². The van der Waals surface area contributed by atoms with E-state index in [-0.39, 0.29) is 27.9 Å². The van der Waals surface area contributed by atoms with E-state index in [1.807, 2.05) is 19.1 Å². The van der Waals surface area contributed by atoms with Gasteiger partial charge in [0, 0.05) is 32.3 Å². The molecule has 194 valence electrons. The minimum absolute atomic E-state index is 0.166. The normalized spacial score (nSPS) is 18.7. The van der Waals surface area contributed by atoms with Crippen LogP contribution in [0.1, 0.15) is 20.8 Å². The van der Waals surface area contributed by atoms with E-state index in [9.17, 15) is 9.35 Å². The minimum Gasteiger partial charge on any atom is -0.479 e. The highest BCUT2D eigenvalue weighted by Gasteiger charge is 2.26. The van der Waals surface area contributed by atoms with Gasteiger partial charge in [-0.2, -0.15) is 0 Å². The van der Waals surface area contributed by atoms with Crippen LogP contribution >= 0.6 is 45.1 Å². The standard InChI is InChI=1S/C25H20ClN5O4S3/c1-12-20-23-21(30-11-29-20)19-6-3-14(36-19)10-27-24(32)16-8-15(4-5-17(16)26)38(33,34)31-18-7-13(22(12)37-23)9-28-25(18)35-2/h3-9,11,31,33-34H,10H2,1-2H3,(H,27,32)/p+1.